The van der Waals surface area contributed by atoms with Gasteiger partial charge in [0.25, 0.3) is 0 Å². The number of piperidine rings is 1. The molecule has 1 atom stereocenters. The van der Waals surface area contributed by atoms with E-state index in [0.717, 1.165) is 57.4 Å². The molecule has 1 spiro atoms. The van der Waals surface area contributed by atoms with Crippen LogP contribution in [0.5, 0.6) is 0 Å². The number of rotatable bonds is 3. The van der Waals surface area contributed by atoms with Crippen molar-refractivity contribution in [2.75, 3.05) is 44.3 Å². The lowest BCUT2D eigenvalue weighted by atomic mass is 9.80. The summed E-state index contributed by atoms with van der Waals surface area (Å²) in [5.41, 5.74) is 1.29. The van der Waals surface area contributed by atoms with E-state index >= 15 is 0 Å². The molecule has 132 valence electrons. The predicted molar refractivity (Wildman–Crippen MR) is 96.2 cm³/mol. The van der Waals surface area contributed by atoms with Gasteiger partial charge in [0.15, 0.2) is 0 Å². The topological polar surface area (TPSA) is 54.4 Å². The van der Waals surface area contributed by atoms with E-state index < -0.39 is 0 Å². The van der Waals surface area contributed by atoms with Crippen molar-refractivity contribution in [1.82, 2.24) is 19.9 Å². The van der Waals surface area contributed by atoms with Gasteiger partial charge in [0.05, 0.1) is 25.1 Å². The Morgan fingerprint density at radius 3 is 2.92 bits per heavy atom. The molecule has 6 heteroatoms. The molecule has 0 aliphatic carbocycles. The van der Waals surface area contributed by atoms with Gasteiger partial charge in [0.2, 0.25) is 0 Å². The molecule has 0 unspecified atom stereocenters. The molecule has 2 aliphatic heterocycles. The summed E-state index contributed by atoms with van der Waals surface area (Å²) in [5.74, 6) is 0.953. The number of hydrogen-bond acceptors (Lipinski definition) is 6. The fourth-order valence-corrected chi connectivity index (χ4v) is 4.06. The molecule has 0 saturated carbocycles. The summed E-state index contributed by atoms with van der Waals surface area (Å²) in [5, 5.41) is 0. The molecule has 0 bridgehead atoms. The van der Waals surface area contributed by atoms with Crippen molar-refractivity contribution in [2.24, 2.45) is 5.41 Å². The lowest BCUT2D eigenvalue weighted by molar-refractivity contribution is 0.0103. The van der Waals surface area contributed by atoms with E-state index in [4.69, 9.17) is 4.74 Å². The minimum Gasteiger partial charge on any atom is -0.379 e. The molecular weight excluding hydrogens is 314 g/mol. The Bertz CT molecular complexity index is 668. The first kappa shape index (κ1) is 16.4. The van der Waals surface area contributed by atoms with Gasteiger partial charge >= 0.3 is 0 Å². The average Bonchev–Trinajstić information content (AvgIpc) is 2.86. The Labute approximate surface area is 148 Å². The maximum absolute atomic E-state index is 6.01. The first-order valence-corrected chi connectivity index (χ1v) is 9.04. The Morgan fingerprint density at radius 2 is 2.08 bits per heavy atom. The molecule has 0 aromatic carbocycles. The number of nitrogens with zero attached hydrogens (tertiary/aromatic N) is 5. The van der Waals surface area contributed by atoms with Crippen LogP contribution in [0.2, 0.25) is 0 Å². The zero-order chi connectivity index (χ0) is 17.0. The van der Waals surface area contributed by atoms with Crippen LogP contribution in [0.25, 0.3) is 0 Å². The third-order valence-corrected chi connectivity index (χ3v) is 5.17. The van der Waals surface area contributed by atoms with Gasteiger partial charge in [0, 0.05) is 50.2 Å². The third kappa shape index (κ3) is 3.96. The van der Waals surface area contributed by atoms with Crippen LogP contribution in [0, 0.1) is 5.41 Å². The second-order valence-electron chi connectivity index (χ2n) is 7.17. The van der Waals surface area contributed by atoms with Crippen LogP contribution in [-0.2, 0) is 11.3 Å². The normalized spacial score (nSPS) is 25.0. The lowest BCUT2D eigenvalue weighted by Crippen LogP contribution is -2.50. The second kappa shape index (κ2) is 7.45. The summed E-state index contributed by atoms with van der Waals surface area (Å²) in [7, 11) is 0. The van der Waals surface area contributed by atoms with Crippen molar-refractivity contribution in [2.45, 2.75) is 19.4 Å². The van der Waals surface area contributed by atoms with Crippen LogP contribution >= 0.6 is 0 Å². The highest BCUT2D eigenvalue weighted by Crippen LogP contribution is 2.34. The molecule has 4 heterocycles. The van der Waals surface area contributed by atoms with Crippen molar-refractivity contribution in [3.05, 3.63) is 48.7 Å². The molecule has 2 aromatic heterocycles. The minimum absolute atomic E-state index is 0.154. The first-order chi connectivity index (χ1) is 12.3. The maximum Gasteiger partial charge on any atom is 0.147 e. The highest BCUT2D eigenvalue weighted by Gasteiger charge is 2.39. The Morgan fingerprint density at radius 1 is 1.08 bits per heavy atom. The Balaban J connectivity index is 1.49. The lowest BCUT2D eigenvalue weighted by Gasteiger charge is -2.43. The fraction of sp³-hybridized carbons (Fsp3) is 0.526. The summed E-state index contributed by atoms with van der Waals surface area (Å²) >= 11 is 0. The first-order valence-electron chi connectivity index (χ1n) is 9.04. The van der Waals surface area contributed by atoms with E-state index in [1.807, 2.05) is 18.5 Å². The number of anilines is 1. The number of aromatic nitrogens is 3. The zero-order valence-corrected chi connectivity index (χ0v) is 14.5. The summed E-state index contributed by atoms with van der Waals surface area (Å²) in [6.07, 6.45) is 9.62. The van der Waals surface area contributed by atoms with Gasteiger partial charge in [-0.1, -0.05) is 6.07 Å². The fourth-order valence-electron chi connectivity index (χ4n) is 4.06. The van der Waals surface area contributed by atoms with Crippen molar-refractivity contribution in [3.63, 3.8) is 0 Å². The molecule has 6 nitrogen and oxygen atoms in total. The molecule has 2 saturated heterocycles. The minimum atomic E-state index is 0.154. The highest BCUT2D eigenvalue weighted by atomic mass is 16.5. The van der Waals surface area contributed by atoms with Crippen LogP contribution in [0.1, 0.15) is 18.5 Å². The quantitative estimate of drug-likeness (QED) is 0.852. The number of pyridine rings is 1. The van der Waals surface area contributed by atoms with Crippen LogP contribution in [0.15, 0.2) is 43.0 Å². The molecule has 0 radical (unpaired) electrons. The van der Waals surface area contributed by atoms with Gasteiger partial charge in [-0.2, -0.15) is 0 Å². The number of hydrogen-bond donors (Lipinski definition) is 0. The molecule has 25 heavy (non-hydrogen) atoms. The Hall–Kier alpha value is -2.05. The van der Waals surface area contributed by atoms with E-state index in [-0.39, 0.29) is 5.41 Å². The summed E-state index contributed by atoms with van der Waals surface area (Å²) in [6, 6.07) is 6.14. The van der Waals surface area contributed by atoms with E-state index in [1.54, 1.807) is 12.4 Å². The molecule has 2 aromatic rings. The van der Waals surface area contributed by atoms with Crippen LogP contribution < -0.4 is 4.90 Å². The predicted octanol–water partition coefficient (Wildman–Crippen LogP) is 1.99. The third-order valence-electron chi connectivity index (χ3n) is 5.17. The van der Waals surface area contributed by atoms with Crippen LogP contribution in [0.4, 0.5) is 5.82 Å². The molecule has 0 N–H and O–H groups in total. The van der Waals surface area contributed by atoms with Crippen molar-refractivity contribution in [1.29, 1.82) is 0 Å². The van der Waals surface area contributed by atoms with Gasteiger partial charge in [0.1, 0.15) is 5.82 Å². The number of likely N-dealkylation sites (tertiary alicyclic amines) is 1. The average molecular weight is 339 g/mol. The molecule has 4 rings (SSSR count). The maximum atomic E-state index is 6.01. The largest absolute Gasteiger partial charge is 0.379 e. The van der Waals surface area contributed by atoms with Gasteiger partial charge in [-0.15, -0.1) is 0 Å². The summed E-state index contributed by atoms with van der Waals surface area (Å²) < 4.78 is 6.01. The van der Waals surface area contributed by atoms with Crippen LogP contribution in [-0.4, -0.2) is 59.2 Å². The monoisotopic (exact) mass is 339 g/mol. The van der Waals surface area contributed by atoms with Gasteiger partial charge < -0.3 is 9.64 Å². The molecule has 2 fully saturated rings. The van der Waals surface area contributed by atoms with Gasteiger partial charge in [-0.3, -0.25) is 14.9 Å². The smallest absolute Gasteiger partial charge is 0.147 e. The van der Waals surface area contributed by atoms with Gasteiger partial charge in [-0.25, -0.2) is 4.98 Å². The molecule has 0 amide bonds. The second-order valence-corrected chi connectivity index (χ2v) is 7.17. The van der Waals surface area contributed by atoms with E-state index in [1.165, 1.54) is 12.8 Å². The highest BCUT2D eigenvalue weighted by molar-refractivity contribution is 5.36. The zero-order valence-electron chi connectivity index (χ0n) is 14.5. The van der Waals surface area contributed by atoms with E-state index in [0.29, 0.717) is 0 Å². The summed E-state index contributed by atoms with van der Waals surface area (Å²) in [4.78, 5) is 18.1. The van der Waals surface area contributed by atoms with Crippen molar-refractivity contribution < 1.29 is 4.74 Å². The molecule has 2 aliphatic rings. The SMILES string of the molecule is c1ccc(CN2CCC[C@@]3(COCCN(c4cnccn4)C3)C2)nc1. The van der Waals surface area contributed by atoms with E-state index in [9.17, 15) is 0 Å². The van der Waals surface area contributed by atoms with Crippen LogP contribution in [0.3, 0.4) is 0 Å². The van der Waals surface area contributed by atoms with Crippen molar-refractivity contribution >= 4 is 5.82 Å². The number of ether oxygens (including phenoxy) is 1. The summed E-state index contributed by atoms with van der Waals surface area (Å²) in [6.45, 7) is 6.50. The van der Waals surface area contributed by atoms with E-state index in [2.05, 4.69) is 36.9 Å². The van der Waals surface area contributed by atoms with Crippen molar-refractivity contribution in [3.8, 4) is 0 Å². The molecular formula is C19H25N5O. The van der Waals surface area contributed by atoms with Gasteiger partial charge in [-0.05, 0) is 31.5 Å². The standard InChI is InChI=1S/C19H25N5O/c1-2-6-21-17(4-1)13-23-9-3-5-19(14-23)15-24(10-11-25-16-19)18-12-20-7-8-22-18/h1-2,4,6-8,12H,3,5,9-11,13-16H2/t19-/m1/s1. The Kier molecular flexibility index (Phi) is 4.90.